The van der Waals surface area contributed by atoms with Crippen LogP contribution >= 0.6 is 0 Å². The lowest BCUT2D eigenvalue weighted by atomic mass is 10.1. The summed E-state index contributed by atoms with van der Waals surface area (Å²) in [7, 11) is 0. The van der Waals surface area contributed by atoms with E-state index in [0.29, 0.717) is 12.2 Å². The van der Waals surface area contributed by atoms with Crippen molar-refractivity contribution in [3.63, 3.8) is 0 Å². The van der Waals surface area contributed by atoms with Crippen molar-refractivity contribution in [2.75, 3.05) is 10.6 Å². The number of carbonyl (C=O) groups excluding carboxylic acids is 1. The molecule has 2 N–H and O–H groups in total. The SMILES string of the molecule is Cc1ccccc1Cn1cc(NC(=O)Nc2cccc(C(F)(F)F)c2)cn1. The molecular weight excluding hydrogens is 357 g/mol. The minimum atomic E-state index is -4.47. The lowest BCUT2D eigenvalue weighted by Gasteiger charge is -2.10. The molecule has 0 unspecified atom stereocenters. The molecule has 0 spiro atoms. The maximum atomic E-state index is 12.7. The summed E-state index contributed by atoms with van der Waals surface area (Å²) in [5.41, 5.74) is 1.89. The third-order valence-electron chi connectivity index (χ3n) is 3.93. The van der Waals surface area contributed by atoms with Crippen molar-refractivity contribution >= 4 is 17.4 Å². The molecule has 3 aromatic rings. The molecule has 0 saturated carbocycles. The number of nitrogens with one attached hydrogen (secondary N) is 2. The molecular formula is C19H17F3N4O. The summed E-state index contributed by atoms with van der Waals surface area (Å²) in [6.07, 6.45) is -1.34. The highest BCUT2D eigenvalue weighted by atomic mass is 19.4. The Morgan fingerprint density at radius 3 is 2.56 bits per heavy atom. The van der Waals surface area contributed by atoms with E-state index in [0.717, 1.165) is 23.3 Å². The van der Waals surface area contributed by atoms with Crippen molar-refractivity contribution in [3.05, 3.63) is 77.6 Å². The van der Waals surface area contributed by atoms with Gasteiger partial charge in [0.05, 0.1) is 24.0 Å². The molecule has 0 aliphatic carbocycles. The Morgan fingerprint density at radius 1 is 1.07 bits per heavy atom. The van der Waals surface area contributed by atoms with Gasteiger partial charge in [0.2, 0.25) is 0 Å². The van der Waals surface area contributed by atoms with Crippen LogP contribution in [0, 0.1) is 6.92 Å². The number of anilines is 2. The maximum absolute atomic E-state index is 12.7. The summed E-state index contributed by atoms with van der Waals surface area (Å²) in [5, 5.41) is 9.12. The molecule has 2 aromatic carbocycles. The largest absolute Gasteiger partial charge is 0.416 e. The van der Waals surface area contributed by atoms with Crippen molar-refractivity contribution < 1.29 is 18.0 Å². The Kier molecular flexibility index (Phi) is 5.16. The number of alkyl halides is 3. The van der Waals surface area contributed by atoms with Crippen LogP contribution in [0.5, 0.6) is 0 Å². The second kappa shape index (κ2) is 7.53. The fourth-order valence-corrected chi connectivity index (χ4v) is 2.54. The van der Waals surface area contributed by atoms with Crippen LogP contribution in [-0.4, -0.2) is 15.8 Å². The van der Waals surface area contributed by atoms with Gasteiger partial charge in [0.15, 0.2) is 0 Å². The monoisotopic (exact) mass is 374 g/mol. The van der Waals surface area contributed by atoms with E-state index in [2.05, 4.69) is 15.7 Å². The van der Waals surface area contributed by atoms with Crippen LogP contribution < -0.4 is 10.6 Å². The lowest BCUT2D eigenvalue weighted by molar-refractivity contribution is -0.137. The van der Waals surface area contributed by atoms with E-state index >= 15 is 0 Å². The van der Waals surface area contributed by atoms with E-state index in [9.17, 15) is 18.0 Å². The van der Waals surface area contributed by atoms with Crippen LogP contribution in [0.3, 0.4) is 0 Å². The van der Waals surface area contributed by atoms with Gasteiger partial charge in [0, 0.05) is 11.9 Å². The van der Waals surface area contributed by atoms with Gasteiger partial charge in [-0.1, -0.05) is 30.3 Å². The molecule has 8 heteroatoms. The van der Waals surface area contributed by atoms with Crippen LogP contribution in [0.15, 0.2) is 60.9 Å². The minimum Gasteiger partial charge on any atom is -0.308 e. The van der Waals surface area contributed by atoms with E-state index < -0.39 is 17.8 Å². The molecule has 0 fully saturated rings. The number of carbonyl (C=O) groups is 1. The molecule has 0 atom stereocenters. The summed E-state index contributed by atoms with van der Waals surface area (Å²) >= 11 is 0. The van der Waals surface area contributed by atoms with Gasteiger partial charge in [-0.05, 0) is 36.2 Å². The highest BCUT2D eigenvalue weighted by Crippen LogP contribution is 2.30. The number of nitrogens with zero attached hydrogens (tertiary/aromatic N) is 2. The first-order valence-electron chi connectivity index (χ1n) is 8.13. The molecule has 3 rings (SSSR count). The Labute approximate surface area is 153 Å². The topological polar surface area (TPSA) is 59.0 Å². The molecule has 140 valence electrons. The summed E-state index contributed by atoms with van der Waals surface area (Å²) in [6.45, 7) is 2.55. The molecule has 0 saturated heterocycles. The zero-order valence-electron chi connectivity index (χ0n) is 14.4. The van der Waals surface area contributed by atoms with Crippen LogP contribution in [-0.2, 0) is 12.7 Å². The lowest BCUT2D eigenvalue weighted by Crippen LogP contribution is -2.19. The third kappa shape index (κ3) is 4.87. The number of halogens is 3. The van der Waals surface area contributed by atoms with Gasteiger partial charge in [-0.3, -0.25) is 4.68 Å². The number of urea groups is 1. The number of hydrogen-bond donors (Lipinski definition) is 2. The minimum absolute atomic E-state index is 0.0506. The Hall–Kier alpha value is -3.29. The van der Waals surface area contributed by atoms with E-state index in [-0.39, 0.29) is 5.69 Å². The molecule has 0 aliphatic rings. The van der Waals surface area contributed by atoms with Crippen LogP contribution in [0.1, 0.15) is 16.7 Å². The second-order valence-corrected chi connectivity index (χ2v) is 6.01. The van der Waals surface area contributed by atoms with Crippen LogP contribution in [0.2, 0.25) is 0 Å². The Bertz CT molecular complexity index is 950. The average Bonchev–Trinajstić information content (AvgIpc) is 3.03. The summed E-state index contributed by atoms with van der Waals surface area (Å²) in [4.78, 5) is 12.0. The third-order valence-corrected chi connectivity index (χ3v) is 3.93. The van der Waals surface area contributed by atoms with Crippen molar-refractivity contribution in [1.82, 2.24) is 9.78 Å². The molecule has 0 bridgehead atoms. The molecule has 0 radical (unpaired) electrons. The first-order valence-corrected chi connectivity index (χ1v) is 8.13. The van der Waals surface area contributed by atoms with Crippen LogP contribution in [0.4, 0.5) is 29.3 Å². The Balaban J connectivity index is 1.62. The molecule has 1 heterocycles. The molecule has 27 heavy (non-hydrogen) atoms. The maximum Gasteiger partial charge on any atom is 0.416 e. The molecule has 0 aliphatic heterocycles. The average molecular weight is 374 g/mol. The Morgan fingerprint density at radius 2 is 1.81 bits per heavy atom. The normalized spacial score (nSPS) is 11.3. The van der Waals surface area contributed by atoms with Gasteiger partial charge in [0.1, 0.15) is 0 Å². The van der Waals surface area contributed by atoms with E-state index in [1.165, 1.54) is 18.3 Å². The smallest absolute Gasteiger partial charge is 0.308 e. The quantitative estimate of drug-likeness (QED) is 0.682. The molecule has 2 amide bonds. The van der Waals surface area contributed by atoms with Gasteiger partial charge < -0.3 is 10.6 Å². The molecule has 1 aromatic heterocycles. The number of rotatable bonds is 4. The van der Waals surface area contributed by atoms with Crippen molar-refractivity contribution in [2.45, 2.75) is 19.6 Å². The zero-order valence-corrected chi connectivity index (χ0v) is 14.4. The fourth-order valence-electron chi connectivity index (χ4n) is 2.54. The summed E-state index contributed by atoms with van der Waals surface area (Å²) in [5.74, 6) is 0. The van der Waals surface area contributed by atoms with E-state index in [4.69, 9.17) is 0 Å². The summed E-state index contributed by atoms with van der Waals surface area (Å²) < 4.78 is 39.8. The number of benzene rings is 2. The first kappa shape index (κ1) is 18.5. The van der Waals surface area contributed by atoms with Crippen LogP contribution in [0.25, 0.3) is 0 Å². The summed E-state index contributed by atoms with van der Waals surface area (Å²) in [6, 6.07) is 11.7. The van der Waals surface area contributed by atoms with Crippen molar-refractivity contribution in [3.8, 4) is 0 Å². The number of hydrogen-bond acceptors (Lipinski definition) is 2. The van der Waals surface area contributed by atoms with Crippen molar-refractivity contribution in [2.24, 2.45) is 0 Å². The van der Waals surface area contributed by atoms with Gasteiger partial charge in [-0.2, -0.15) is 18.3 Å². The highest BCUT2D eigenvalue weighted by molar-refractivity contribution is 5.99. The van der Waals surface area contributed by atoms with E-state index in [1.807, 2.05) is 31.2 Å². The predicted octanol–water partition coefficient (Wildman–Crippen LogP) is 4.90. The van der Waals surface area contributed by atoms with Gasteiger partial charge in [-0.15, -0.1) is 0 Å². The van der Waals surface area contributed by atoms with E-state index in [1.54, 1.807) is 10.9 Å². The fraction of sp³-hybridized carbons (Fsp3) is 0.158. The zero-order chi connectivity index (χ0) is 19.4. The van der Waals surface area contributed by atoms with Gasteiger partial charge >= 0.3 is 12.2 Å². The highest BCUT2D eigenvalue weighted by Gasteiger charge is 2.30. The second-order valence-electron chi connectivity index (χ2n) is 6.01. The molecule has 5 nitrogen and oxygen atoms in total. The number of aromatic nitrogens is 2. The van der Waals surface area contributed by atoms with Gasteiger partial charge in [0.25, 0.3) is 0 Å². The number of aryl methyl sites for hydroxylation is 1. The standard InChI is InChI=1S/C19H17F3N4O/c1-13-5-2-3-6-14(13)11-26-12-17(10-23-26)25-18(27)24-16-8-4-7-15(9-16)19(20,21)22/h2-10,12H,11H2,1H3,(H2,24,25,27). The van der Waals surface area contributed by atoms with Gasteiger partial charge in [-0.25, -0.2) is 4.79 Å². The van der Waals surface area contributed by atoms with Crippen molar-refractivity contribution in [1.29, 1.82) is 0 Å². The first-order chi connectivity index (χ1) is 12.8. The number of amides is 2. The predicted molar refractivity (Wildman–Crippen MR) is 96.6 cm³/mol.